The fraction of sp³-hybridized carbons (Fsp3) is 0.562. The van der Waals surface area contributed by atoms with Gasteiger partial charge in [0.1, 0.15) is 0 Å². The van der Waals surface area contributed by atoms with E-state index in [2.05, 4.69) is 5.32 Å². The molecule has 0 aliphatic heterocycles. The molecule has 0 fully saturated rings. The van der Waals surface area contributed by atoms with Crippen LogP contribution in [0, 0.1) is 12.8 Å². The highest BCUT2D eigenvalue weighted by atomic mass is 16.5. The van der Waals surface area contributed by atoms with Gasteiger partial charge in [-0.1, -0.05) is 13.8 Å². The fourth-order valence-electron chi connectivity index (χ4n) is 2.20. The SMILES string of the molecule is CCC(CC)C(=O)NCc1cc(OC)c(OC)cc1C. The molecule has 0 radical (unpaired) electrons. The third-order valence-electron chi connectivity index (χ3n) is 3.65. The molecule has 1 aromatic carbocycles. The summed E-state index contributed by atoms with van der Waals surface area (Å²) in [7, 11) is 3.23. The Hall–Kier alpha value is -1.71. The third-order valence-corrected chi connectivity index (χ3v) is 3.65. The van der Waals surface area contributed by atoms with Crippen LogP contribution in [-0.4, -0.2) is 20.1 Å². The van der Waals surface area contributed by atoms with E-state index in [4.69, 9.17) is 9.47 Å². The summed E-state index contributed by atoms with van der Waals surface area (Å²) >= 11 is 0. The van der Waals surface area contributed by atoms with Gasteiger partial charge < -0.3 is 14.8 Å². The lowest BCUT2D eigenvalue weighted by Crippen LogP contribution is -2.29. The summed E-state index contributed by atoms with van der Waals surface area (Å²) in [5.74, 6) is 1.60. The Morgan fingerprint density at radius 1 is 1.15 bits per heavy atom. The smallest absolute Gasteiger partial charge is 0.223 e. The zero-order chi connectivity index (χ0) is 15.1. The third kappa shape index (κ3) is 3.89. The monoisotopic (exact) mass is 279 g/mol. The lowest BCUT2D eigenvalue weighted by atomic mass is 10.0. The predicted octanol–water partition coefficient (Wildman–Crippen LogP) is 3.06. The maximum Gasteiger partial charge on any atom is 0.223 e. The van der Waals surface area contributed by atoms with Crippen molar-refractivity contribution in [3.05, 3.63) is 23.3 Å². The maximum atomic E-state index is 12.0. The molecule has 0 aliphatic rings. The van der Waals surface area contributed by atoms with E-state index in [0.717, 1.165) is 24.0 Å². The van der Waals surface area contributed by atoms with Gasteiger partial charge in [0.05, 0.1) is 14.2 Å². The Kier molecular flexibility index (Phi) is 6.36. The lowest BCUT2D eigenvalue weighted by molar-refractivity contribution is -0.125. The maximum absolute atomic E-state index is 12.0. The average Bonchev–Trinajstić information content (AvgIpc) is 2.46. The molecule has 1 amide bonds. The van der Waals surface area contributed by atoms with Crippen molar-refractivity contribution in [3.8, 4) is 11.5 Å². The molecule has 0 aliphatic carbocycles. The standard InChI is InChI=1S/C16H25NO3/c1-6-12(7-2)16(18)17-10-13-9-15(20-5)14(19-4)8-11(13)3/h8-9,12H,6-7,10H2,1-5H3,(H,17,18). The molecular weight excluding hydrogens is 254 g/mol. The van der Waals surface area contributed by atoms with Gasteiger partial charge >= 0.3 is 0 Å². The summed E-state index contributed by atoms with van der Waals surface area (Å²) in [4.78, 5) is 12.0. The number of aryl methyl sites for hydroxylation is 1. The van der Waals surface area contributed by atoms with Crippen molar-refractivity contribution in [2.45, 2.75) is 40.2 Å². The number of rotatable bonds is 7. The van der Waals surface area contributed by atoms with Gasteiger partial charge in [0, 0.05) is 12.5 Å². The van der Waals surface area contributed by atoms with Crippen molar-refractivity contribution < 1.29 is 14.3 Å². The molecule has 112 valence electrons. The molecule has 0 saturated carbocycles. The zero-order valence-electron chi connectivity index (χ0n) is 13.1. The molecule has 1 aromatic rings. The van der Waals surface area contributed by atoms with Gasteiger partial charge in [0.15, 0.2) is 11.5 Å². The Labute approximate surface area is 121 Å². The summed E-state index contributed by atoms with van der Waals surface area (Å²) < 4.78 is 10.5. The first kappa shape index (κ1) is 16.3. The quantitative estimate of drug-likeness (QED) is 0.834. The number of hydrogen-bond acceptors (Lipinski definition) is 3. The second-order valence-corrected chi connectivity index (χ2v) is 4.86. The molecule has 0 bridgehead atoms. The molecule has 0 spiro atoms. The summed E-state index contributed by atoms with van der Waals surface area (Å²) in [5.41, 5.74) is 2.12. The second-order valence-electron chi connectivity index (χ2n) is 4.86. The number of ether oxygens (including phenoxy) is 2. The molecule has 0 saturated heterocycles. The van der Waals surface area contributed by atoms with E-state index >= 15 is 0 Å². The molecule has 0 aromatic heterocycles. The number of hydrogen-bond donors (Lipinski definition) is 1. The highest BCUT2D eigenvalue weighted by Gasteiger charge is 2.14. The van der Waals surface area contributed by atoms with Crippen LogP contribution in [0.2, 0.25) is 0 Å². The minimum atomic E-state index is 0.0930. The van der Waals surface area contributed by atoms with E-state index in [1.165, 1.54) is 0 Å². The van der Waals surface area contributed by atoms with Crippen molar-refractivity contribution in [1.82, 2.24) is 5.32 Å². The van der Waals surface area contributed by atoms with E-state index in [1.807, 2.05) is 32.9 Å². The molecule has 1 rings (SSSR count). The van der Waals surface area contributed by atoms with Crippen LogP contribution < -0.4 is 14.8 Å². The average molecular weight is 279 g/mol. The Morgan fingerprint density at radius 3 is 2.20 bits per heavy atom. The van der Waals surface area contributed by atoms with E-state index in [-0.39, 0.29) is 11.8 Å². The van der Waals surface area contributed by atoms with Crippen molar-refractivity contribution >= 4 is 5.91 Å². The summed E-state index contributed by atoms with van der Waals surface area (Å²) in [6.07, 6.45) is 1.74. The Bertz CT molecular complexity index is 453. The molecule has 0 heterocycles. The number of benzene rings is 1. The number of methoxy groups -OCH3 is 2. The van der Waals surface area contributed by atoms with Gasteiger partial charge in [0.2, 0.25) is 5.91 Å². The molecule has 0 unspecified atom stereocenters. The van der Waals surface area contributed by atoms with Crippen molar-refractivity contribution in [2.24, 2.45) is 5.92 Å². The first-order chi connectivity index (χ1) is 9.57. The number of nitrogens with one attached hydrogen (secondary N) is 1. The van der Waals surface area contributed by atoms with E-state index in [9.17, 15) is 4.79 Å². The molecule has 20 heavy (non-hydrogen) atoms. The predicted molar refractivity (Wildman–Crippen MR) is 80.2 cm³/mol. The lowest BCUT2D eigenvalue weighted by Gasteiger charge is -2.15. The van der Waals surface area contributed by atoms with E-state index in [0.29, 0.717) is 18.0 Å². The van der Waals surface area contributed by atoms with Crippen LogP contribution in [0.4, 0.5) is 0 Å². The summed E-state index contributed by atoms with van der Waals surface area (Å²) in [5, 5.41) is 3.00. The summed E-state index contributed by atoms with van der Waals surface area (Å²) in [6.45, 7) is 6.59. The van der Waals surface area contributed by atoms with Gasteiger partial charge in [-0.3, -0.25) is 4.79 Å². The van der Waals surface area contributed by atoms with Crippen molar-refractivity contribution in [2.75, 3.05) is 14.2 Å². The van der Waals surface area contributed by atoms with E-state index < -0.39 is 0 Å². The van der Waals surface area contributed by atoms with Crippen molar-refractivity contribution in [3.63, 3.8) is 0 Å². The van der Waals surface area contributed by atoms with Gasteiger partial charge in [-0.2, -0.15) is 0 Å². The first-order valence-corrected chi connectivity index (χ1v) is 7.06. The topological polar surface area (TPSA) is 47.6 Å². The van der Waals surface area contributed by atoms with Crippen LogP contribution in [0.1, 0.15) is 37.8 Å². The summed E-state index contributed by atoms with van der Waals surface area (Å²) in [6, 6.07) is 3.85. The Balaban J connectivity index is 2.80. The normalized spacial score (nSPS) is 10.5. The van der Waals surface area contributed by atoms with Crippen LogP contribution in [0.15, 0.2) is 12.1 Å². The van der Waals surface area contributed by atoms with E-state index in [1.54, 1.807) is 14.2 Å². The van der Waals surface area contributed by atoms with Crippen LogP contribution in [0.25, 0.3) is 0 Å². The first-order valence-electron chi connectivity index (χ1n) is 7.06. The fourth-order valence-corrected chi connectivity index (χ4v) is 2.20. The van der Waals surface area contributed by atoms with Crippen LogP contribution in [0.5, 0.6) is 11.5 Å². The number of carbonyl (C=O) groups is 1. The van der Waals surface area contributed by atoms with Crippen LogP contribution in [0.3, 0.4) is 0 Å². The largest absolute Gasteiger partial charge is 0.493 e. The number of carbonyl (C=O) groups excluding carboxylic acids is 1. The molecule has 4 heteroatoms. The van der Waals surface area contributed by atoms with Crippen molar-refractivity contribution in [1.29, 1.82) is 0 Å². The molecule has 4 nitrogen and oxygen atoms in total. The molecule has 0 atom stereocenters. The van der Waals surface area contributed by atoms with Crippen LogP contribution >= 0.6 is 0 Å². The van der Waals surface area contributed by atoms with Gasteiger partial charge in [0.25, 0.3) is 0 Å². The van der Waals surface area contributed by atoms with Gasteiger partial charge in [-0.15, -0.1) is 0 Å². The second kappa shape index (κ2) is 7.78. The molecule has 1 N–H and O–H groups in total. The zero-order valence-corrected chi connectivity index (χ0v) is 13.1. The molecular formula is C16H25NO3. The minimum absolute atomic E-state index is 0.0930. The van der Waals surface area contributed by atoms with Gasteiger partial charge in [-0.05, 0) is 43.0 Å². The number of amides is 1. The van der Waals surface area contributed by atoms with Crippen LogP contribution in [-0.2, 0) is 11.3 Å². The Morgan fingerprint density at radius 2 is 1.70 bits per heavy atom. The minimum Gasteiger partial charge on any atom is -0.493 e. The van der Waals surface area contributed by atoms with Gasteiger partial charge in [-0.25, -0.2) is 0 Å². The highest BCUT2D eigenvalue weighted by molar-refractivity contribution is 5.78. The highest BCUT2D eigenvalue weighted by Crippen LogP contribution is 2.30.